The van der Waals surface area contributed by atoms with Crippen LogP contribution in [0, 0.1) is 5.82 Å². The highest BCUT2D eigenvalue weighted by atomic mass is 31.1. The minimum Gasteiger partial charge on any atom is -0.398 e. The van der Waals surface area contributed by atoms with E-state index in [1.165, 1.54) is 24.9 Å². The van der Waals surface area contributed by atoms with Crippen molar-refractivity contribution in [1.29, 1.82) is 0 Å². The molecule has 1 aromatic rings. The second-order valence-electron chi connectivity index (χ2n) is 2.29. The molecule has 0 radical (unpaired) electrons. The maximum Gasteiger partial charge on any atom is 0.124 e. The van der Waals surface area contributed by atoms with Crippen LogP contribution in [0.15, 0.2) is 18.2 Å². The number of halogens is 1. The van der Waals surface area contributed by atoms with Crippen LogP contribution in [0.5, 0.6) is 0 Å². The van der Waals surface area contributed by atoms with Crippen molar-refractivity contribution in [3.63, 3.8) is 0 Å². The molecule has 1 unspecified atom stereocenters. The standard InChI is InChI=1S/C7H9FNOP/c1-11(10)7-4-5(8)2-3-6(7)9/h2-4,11H,9H2,1H3. The average molecular weight is 173 g/mol. The minimum atomic E-state index is -1.88. The number of benzene rings is 1. The lowest BCUT2D eigenvalue weighted by Crippen LogP contribution is -2.05. The van der Waals surface area contributed by atoms with Gasteiger partial charge in [-0.25, -0.2) is 4.39 Å². The summed E-state index contributed by atoms with van der Waals surface area (Å²) in [5.41, 5.74) is 5.85. The van der Waals surface area contributed by atoms with Crippen LogP contribution >= 0.6 is 7.80 Å². The molecule has 0 aliphatic heterocycles. The zero-order valence-electron chi connectivity index (χ0n) is 6.10. The number of anilines is 1. The molecule has 0 spiro atoms. The summed E-state index contributed by atoms with van der Waals surface area (Å²) in [6.07, 6.45) is 0. The van der Waals surface area contributed by atoms with Crippen molar-refractivity contribution in [2.24, 2.45) is 0 Å². The zero-order chi connectivity index (χ0) is 8.43. The SMILES string of the molecule is C[PH](=O)c1cc(F)ccc1N. The van der Waals surface area contributed by atoms with Crippen molar-refractivity contribution < 1.29 is 8.96 Å². The second-order valence-corrected chi connectivity index (χ2v) is 3.94. The number of rotatable bonds is 1. The first-order valence-corrected chi connectivity index (χ1v) is 5.08. The highest BCUT2D eigenvalue weighted by Gasteiger charge is 2.03. The van der Waals surface area contributed by atoms with E-state index in [4.69, 9.17) is 5.73 Å². The molecule has 0 aromatic heterocycles. The van der Waals surface area contributed by atoms with E-state index in [0.29, 0.717) is 11.0 Å². The van der Waals surface area contributed by atoms with Crippen LogP contribution in [0.1, 0.15) is 0 Å². The molecule has 0 saturated carbocycles. The van der Waals surface area contributed by atoms with Gasteiger partial charge in [-0.15, -0.1) is 0 Å². The molecule has 4 heteroatoms. The summed E-state index contributed by atoms with van der Waals surface area (Å²) in [5.74, 6) is -0.394. The summed E-state index contributed by atoms with van der Waals surface area (Å²) in [6, 6.07) is 3.90. The Morgan fingerprint density at radius 1 is 1.55 bits per heavy atom. The molecule has 1 rings (SSSR count). The van der Waals surface area contributed by atoms with Crippen LogP contribution in [0.4, 0.5) is 10.1 Å². The fraction of sp³-hybridized carbons (Fsp3) is 0.143. The van der Waals surface area contributed by atoms with E-state index in [2.05, 4.69) is 0 Å². The van der Waals surface area contributed by atoms with Gasteiger partial charge in [0.2, 0.25) is 0 Å². The summed E-state index contributed by atoms with van der Waals surface area (Å²) < 4.78 is 23.5. The van der Waals surface area contributed by atoms with E-state index in [1.807, 2.05) is 0 Å². The lowest BCUT2D eigenvalue weighted by Gasteiger charge is -2.00. The molecule has 11 heavy (non-hydrogen) atoms. The van der Waals surface area contributed by atoms with Gasteiger partial charge in [0, 0.05) is 11.0 Å². The molecule has 0 heterocycles. The quantitative estimate of drug-likeness (QED) is 0.512. The van der Waals surface area contributed by atoms with Crippen molar-refractivity contribution in [3.05, 3.63) is 24.0 Å². The molecule has 0 fully saturated rings. The van der Waals surface area contributed by atoms with Gasteiger partial charge in [0.25, 0.3) is 0 Å². The molecule has 2 N–H and O–H groups in total. The van der Waals surface area contributed by atoms with Gasteiger partial charge in [0.1, 0.15) is 13.6 Å². The maximum atomic E-state index is 12.5. The summed E-state index contributed by atoms with van der Waals surface area (Å²) >= 11 is 0. The number of hydrogen-bond acceptors (Lipinski definition) is 2. The normalized spacial score (nSPS) is 12.9. The molecule has 0 bridgehead atoms. The molecular formula is C7H9FNOP. The summed E-state index contributed by atoms with van der Waals surface area (Å²) in [6.45, 7) is 1.54. The van der Waals surface area contributed by atoms with Gasteiger partial charge in [-0.05, 0) is 24.9 Å². The highest BCUT2D eigenvalue weighted by molar-refractivity contribution is 7.53. The van der Waals surface area contributed by atoms with Crippen molar-refractivity contribution >= 4 is 18.8 Å². The molecule has 1 atom stereocenters. The van der Waals surface area contributed by atoms with Crippen LogP contribution in [0.3, 0.4) is 0 Å². The van der Waals surface area contributed by atoms with Gasteiger partial charge in [-0.1, -0.05) is 0 Å². The first-order valence-electron chi connectivity index (χ1n) is 3.17. The van der Waals surface area contributed by atoms with Crippen LogP contribution in [0.25, 0.3) is 0 Å². The molecule has 60 valence electrons. The van der Waals surface area contributed by atoms with Gasteiger partial charge in [0.05, 0.1) is 0 Å². The topological polar surface area (TPSA) is 43.1 Å². The van der Waals surface area contributed by atoms with E-state index in [1.54, 1.807) is 0 Å². The number of nitrogen functional groups attached to an aromatic ring is 1. The third-order valence-electron chi connectivity index (χ3n) is 1.39. The predicted molar refractivity (Wildman–Crippen MR) is 45.4 cm³/mol. The van der Waals surface area contributed by atoms with E-state index >= 15 is 0 Å². The summed E-state index contributed by atoms with van der Waals surface area (Å²) in [4.78, 5) is 0. The van der Waals surface area contributed by atoms with Crippen molar-refractivity contribution in [3.8, 4) is 0 Å². The van der Waals surface area contributed by atoms with Crippen molar-refractivity contribution in [2.75, 3.05) is 12.4 Å². The van der Waals surface area contributed by atoms with Crippen LogP contribution in [-0.2, 0) is 4.57 Å². The van der Waals surface area contributed by atoms with E-state index in [9.17, 15) is 8.96 Å². The van der Waals surface area contributed by atoms with E-state index < -0.39 is 13.6 Å². The fourth-order valence-electron chi connectivity index (χ4n) is 0.833. The third kappa shape index (κ3) is 1.81. The molecular weight excluding hydrogens is 164 g/mol. The van der Waals surface area contributed by atoms with E-state index in [-0.39, 0.29) is 0 Å². The largest absolute Gasteiger partial charge is 0.398 e. The molecule has 0 amide bonds. The summed E-state index contributed by atoms with van der Waals surface area (Å²) in [5, 5.41) is 0.426. The first kappa shape index (κ1) is 8.28. The van der Waals surface area contributed by atoms with Gasteiger partial charge < -0.3 is 10.3 Å². The van der Waals surface area contributed by atoms with Gasteiger partial charge in [-0.3, -0.25) is 0 Å². The lowest BCUT2D eigenvalue weighted by molar-refractivity contribution is 0.595. The van der Waals surface area contributed by atoms with Crippen LogP contribution < -0.4 is 11.0 Å². The third-order valence-corrected chi connectivity index (χ3v) is 2.59. The van der Waals surface area contributed by atoms with E-state index in [0.717, 1.165) is 0 Å². The monoisotopic (exact) mass is 173 g/mol. The maximum absolute atomic E-state index is 12.5. The smallest absolute Gasteiger partial charge is 0.124 e. The Labute approximate surface area is 65.0 Å². The van der Waals surface area contributed by atoms with Crippen LogP contribution in [-0.4, -0.2) is 6.66 Å². The molecule has 0 aliphatic carbocycles. The summed E-state index contributed by atoms with van der Waals surface area (Å²) in [7, 11) is -1.88. The predicted octanol–water partition coefficient (Wildman–Crippen LogP) is 1.22. The van der Waals surface area contributed by atoms with Crippen molar-refractivity contribution in [2.45, 2.75) is 0 Å². The van der Waals surface area contributed by atoms with Gasteiger partial charge in [-0.2, -0.15) is 0 Å². The number of hydrogen-bond donors (Lipinski definition) is 1. The lowest BCUT2D eigenvalue weighted by atomic mass is 10.3. The van der Waals surface area contributed by atoms with Gasteiger partial charge >= 0.3 is 0 Å². The Morgan fingerprint density at radius 2 is 2.18 bits per heavy atom. The second kappa shape index (κ2) is 3.05. The Kier molecular flexibility index (Phi) is 2.30. The Morgan fingerprint density at radius 3 is 2.64 bits per heavy atom. The first-order chi connectivity index (χ1) is 5.11. The fourth-order valence-corrected chi connectivity index (χ4v) is 1.66. The van der Waals surface area contributed by atoms with Crippen LogP contribution in [0.2, 0.25) is 0 Å². The molecule has 0 saturated heterocycles. The van der Waals surface area contributed by atoms with Crippen molar-refractivity contribution in [1.82, 2.24) is 0 Å². The molecule has 2 nitrogen and oxygen atoms in total. The molecule has 0 aliphatic rings. The molecule has 1 aromatic carbocycles. The minimum absolute atomic E-state index is 0.394. The Hall–Kier alpha value is -0.820. The average Bonchev–Trinajstić information content (AvgIpc) is 1.94. The Balaban J connectivity index is 3.23. The highest BCUT2D eigenvalue weighted by Crippen LogP contribution is 2.18. The zero-order valence-corrected chi connectivity index (χ0v) is 7.10. The van der Waals surface area contributed by atoms with Gasteiger partial charge in [0.15, 0.2) is 0 Å². The number of nitrogens with two attached hydrogens (primary N) is 1. The Bertz CT molecular complexity index is 300.